The lowest BCUT2D eigenvalue weighted by atomic mass is 9.93. The minimum atomic E-state index is -0.836. The molecule has 1 heterocycles. The van der Waals surface area contributed by atoms with Crippen LogP contribution < -0.4 is 5.32 Å². The molecule has 1 aliphatic heterocycles. The number of nitrogens with one attached hydrogen (secondary N) is 1. The molecule has 1 aliphatic rings. The van der Waals surface area contributed by atoms with Gasteiger partial charge >= 0.3 is 5.97 Å². The van der Waals surface area contributed by atoms with Gasteiger partial charge in [0.25, 0.3) is 0 Å². The topological polar surface area (TPSA) is 75.6 Å². The normalized spacial score (nSPS) is 24.5. The molecule has 0 radical (unpaired) electrons. The molecule has 1 aromatic carbocycles. The Kier molecular flexibility index (Phi) is 3.10. The van der Waals surface area contributed by atoms with Gasteiger partial charge in [0, 0.05) is 0 Å². The van der Waals surface area contributed by atoms with Crippen molar-refractivity contribution in [1.82, 2.24) is 5.32 Å². The van der Waals surface area contributed by atoms with Crippen LogP contribution in [0.25, 0.3) is 0 Å². The summed E-state index contributed by atoms with van der Waals surface area (Å²) in [5.41, 5.74) is 0.415. The number of rotatable bonds is 3. The molecule has 5 heteroatoms. The molecule has 0 spiro atoms. The van der Waals surface area contributed by atoms with E-state index in [0.29, 0.717) is 5.56 Å². The van der Waals surface area contributed by atoms with E-state index in [2.05, 4.69) is 5.32 Å². The minimum absolute atomic E-state index is 0.300. The van der Waals surface area contributed by atoms with Crippen molar-refractivity contribution in [3.05, 3.63) is 35.9 Å². The molecule has 0 bridgehead atoms. The van der Waals surface area contributed by atoms with E-state index in [1.807, 2.05) is 0 Å². The average molecular weight is 235 g/mol. The third-order valence-corrected chi connectivity index (χ3v) is 2.68. The van der Waals surface area contributed by atoms with Gasteiger partial charge in [-0.15, -0.1) is 0 Å². The Balaban J connectivity index is 1.99. The Morgan fingerprint density at radius 1 is 1.41 bits per heavy atom. The van der Waals surface area contributed by atoms with Crippen LogP contribution in [-0.4, -0.2) is 29.3 Å². The van der Waals surface area contributed by atoms with Crippen molar-refractivity contribution >= 4 is 11.9 Å². The van der Waals surface area contributed by atoms with Crippen LogP contribution in [0.5, 0.6) is 0 Å². The van der Waals surface area contributed by atoms with Gasteiger partial charge in [-0.2, -0.15) is 0 Å². The van der Waals surface area contributed by atoms with Crippen LogP contribution in [0.2, 0.25) is 0 Å². The fourth-order valence-electron chi connectivity index (χ4n) is 1.70. The maximum atomic E-state index is 11.7. The second kappa shape index (κ2) is 4.55. The lowest BCUT2D eigenvalue weighted by molar-refractivity contribution is -0.155. The number of aliphatic hydroxyl groups is 1. The highest BCUT2D eigenvalue weighted by molar-refractivity contribution is 5.91. The first kappa shape index (κ1) is 11.6. The predicted octanol–water partition coefficient (Wildman–Crippen LogP) is 0.296. The van der Waals surface area contributed by atoms with Gasteiger partial charge in [-0.1, -0.05) is 18.2 Å². The molecule has 1 unspecified atom stereocenters. The smallest absolute Gasteiger partial charge is 0.340 e. The van der Waals surface area contributed by atoms with Gasteiger partial charge < -0.3 is 15.2 Å². The summed E-state index contributed by atoms with van der Waals surface area (Å²) in [6.45, 7) is 1.49. The number of hydrogen-bond donors (Lipinski definition) is 2. The summed E-state index contributed by atoms with van der Waals surface area (Å²) in [6.07, 6.45) is -1.58. The summed E-state index contributed by atoms with van der Waals surface area (Å²) in [5, 5.41) is 11.8. The molecule has 90 valence electrons. The third-order valence-electron chi connectivity index (χ3n) is 2.68. The van der Waals surface area contributed by atoms with Gasteiger partial charge in [-0.25, -0.2) is 4.79 Å². The Labute approximate surface area is 98.4 Å². The van der Waals surface area contributed by atoms with Crippen molar-refractivity contribution in [2.45, 2.75) is 19.3 Å². The number of ether oxygens (including phenoxy) is 1. The average Bonchev–Trinajstić information content (AvgIpc) is 2.28. The summed E-state index contributed by atoms with van der Waals surface area (Å²) in [6, 6.07) is 8.49. The SMILES string of the molecule is CC(O)[C@H]1C(=O)N[C@@H]1OC(=O)c1ccccc1. The predicted molar refractivity (Wildman–Crippen MR) is 59.0 cm³/mol. The molecule has 1 saturated heterocycles. The van der Waals surface area contributed by atoms with Crippen LogP contribution in [0, 0.1) is 5.92 Å². The van der Waals surface area contributed by atoms with Gasteiger partial charge in [0.15, 0.2) is 6.23 Å². The van der Waals surface area contributed by atoms with Crippen LogP contribution in [0.4, 0.5) is 0 Å². The van der Waals surface area contributed by atoms with Gasteiger partial charge in [0.1, 0.15) is 5.92 Å². The molecule has 2 rings (SSSR count). The Bertz CT molecular complexity index is 429. The number of esters is 1. The van der Waals surface area contributed by atoms with Crippen molar-refractivity contribution in [1.29, 1.82) is 0 Å². The number of amides is 1. The van der Waals surface area contributed by atoms with E-state index >= 15 is 0 Å². The van der Waals surface area contributed by atoms with Crippen molar-refractivity contribution in [2.75, 3.05) is 0 Å². The maximum absolute atomic E-state index is 11.7. The number of β-lactam (4-membered cyclic amide) rings is 1. The Hall–Kier alpha value is -1.88. The molecular weight excluding hydrogens is 222 g/mol. The quantitative estimate of drug-likeness (QED) is 0.583. The van der Waals surface area contributed by atoms with E-state index < -0.39 is 24.2 Å². The van der Waals surface area contributed by atoms with Gasteiger partial charge in [-0.3, -0.25) is 4.79 Å². The van der Waals surface area contributed by atoms with Gasteiger partial charge in [0.05, 0.1) is 11.7 Å². The fourth-order valence-corrected chi connectivity index (χ4v) is 1.70. The van der Waals surface area contributed by atoms with Crippen LogP contribution in [0.3, 0.4) is 0 Å². The van der Waals surface area contributed by atoms with Crippen LogP contribution in [0.15, 0.2) is 30.3 Å². The standard InChI is InChI=1S/C12H13NO4/c1-7(14)9-10(15)13-11(9)17-12(16)8-5-3-2-4-6-8/h2-7,9,11,14H,1H3,(H,13,15)/t7?,9-,11+/m0/s1. The third kappa shape index (κ3) is 2.29. The molecule has 17 heavy (non-hydrogen) atoms. The fraction of sp³-hybridized carbons (Fsp3) is 0.333. The zero-order valence-electron chi connectivity index (χ0n) is 9.29. The molecule has 0 aliphatic carbocycles. The lowest BCUT2D eigenvalue weighted by Gasteiger charge is -2.37. The molecule has 0 aromatic heterocycles. The molecular formula is C12H13NO4. The van der Waals surface area contributed by atoms with E-state index in [1.54, 1.807) is 30.3 Å². The second-order valence-electron chi connectivity index (χ2n) is 3.97. The van der Waals surface area contributed by atoms with Gasteiger partial charge in [-0.05, 0) is 19.1 Å². The zero-order valence-corrected chi connectivity index (χ0v) is 9.29. The molecule has 2 N–H and O–H groups in total. The summed E-state index contributed by atoms with van der Waals surface area (Å²) in [5.74, 6) is -1.49. The largest absolute Gasteiger partial charge is 0.437 e. The van der Waals surface area contributed by atoms with Crippen molar-refractivity contribution in [3.63, 3.8) is 0 Å². The molecule has 1 aromatic rings. The number of carbonyl (C=O) groups is 2. The van der Waals surface area contributed by atoms with E-state index in [-0.39, 0.29) is 5.91 Å². The molecule has 3 atom stereocenters. The highest BCUT2D eigenvalue weighted by Crippen LogP contribution is 2.21. The van der Waals surface area contributed by atoms with Crippen molar-refractivity contribution < 1.29 is 19.4 Å². The molecule has 0 saturated carbocycles. The number of benzene rings is 1. The number of hydrogen-bond acceptors (Lipinski definition) is 4. The van der Waals surface area contributed by atoms with Crippen LogP contribution in [0.1, 0.15) is 17.3 Å². The van der Waals surface area contributed by atoms with E-state index in [0.717, 1.165) is 0 Å². The van der Waals surface area contributed by atoms with E-state index in [4.69, 9.17) is 4.74 Å². The summed E-state index contributed by atoms with van der Waals surface area (Å²) in [4.78, 5) is 22.8. The van der Waals surface area contributed by atoms with E-state index in [9.17, 15) is 14.7 Å². The first-order valence-electron chi connectivity index (χ1n) is 5.34. The molecule has 1 fully saturated rings. The number of aliphatic hydroxyl groups excluding tert-OH is 1. The first-order valence-corrected chi connectivity index (χ1v) is 5.34. The minimum Gasteiger partial charge on any atom is -0.437 e. The lowest BCUT2D eigenvalue weighted by Crippen LogP contribution is -2.63. The Morgan fingerprint density at radius 3 is 2.59 bits per heavy atom. The van der Waals surface area contributed by atoms with Crippen LogP contribution in [-0.2, 0) is 9.53 Å². The monoisotopic (exact) mass is 235 g/mol. The highest BCUT2D eigenvalue weighted by Gasteiger charge is 2.45. The first-order chi connectivity index (χ1) is 8.09. The van der Waals surface area contributed by atoms with Crippen molar-refractivity contribution in [3.8, 4) is 0 Å². The summed E-state index contributed by atoms with van der Waals surface area (Å²) in [7, 11) is 0. The Morgan fingerprint density at radius 2 is 2.06 bits per heavy atom. The summed E-state index contributed by atoms with van der Waals surface area (Å²) >= 11 is 0. The van der Waals surface area contributed by atoms with Gasteiger partial charge in [0.2, 0.25) is 5.91 Å². The molecule has 1 amide bonds. The van der Waals surface area contributed by atoms with Crippen molar-refractivity contribution in [2.24, 2.45) is 5.92 Å². The maximum Gasteiger partial charge on any atom is 0.340 e. The number of carbonyl (C=O) groups excluding carboxylic acids is 2. The zero-order chi connectivity index (χ0) is 12.4. The summed E-state index contributed by atoms with van der Waals surface area (Å²) < 4.78 is 5.09. The van der Waals surface area contributed by atoms with E-state index in [1.165, 1.54) is 6.92 Å². The highest BCUT2D eigenvalue weighted by atomic mass is 16.6. The second-order valence-corrected chi connectivity index (χ2v) is 3.97. The molecule has 5 nitrogen and oxygen atoms in total. The van der Waals surface area contributed by atoms with Crippen LogP contribution >= 0.6 is 0 Å².